The number of rotatable bonds is 51. The van der Waals surface area contributed by atoms with Crippen molar-refractivity contribution < 1.29 is 50.0 Å². The molecule has 0 spiro atoms. The smallest absolute Gasteiger partial charge is 0.249 e. The lowest BCUT2D eigenvalue weighted by molar-refractivity contribution is -0.303. The zero-order chi connectivity index (χ0) is 51.1. The van der Waals surface area contributed by atoms with Crippen LogP contribution < -0.4 is 5.32 Å². The van der Waals surface area contributed by atoms with Gasteiger partial charge in [-0.15, -0.1) is 0 Å². The van der Waals surface area contributed by atoms with E-state index in [4.69, 9.17) is 9.47 Å². The van der Waals surface area contributed by atoms with Gasteiger partial charge >= 0.3 is 0 Å². The van der Waals surface area contributed by atoms with Crippen LogP contribution in [0.25, 0.3) is 0 Å². The molecule has 8 N–H and O–H groups in total. The van der Waals surface area contributed by atoms with Crippen LogP contribution >= 0.6 is 0 Å². The number of aliphatic hydroxyl groups is 7. The van der Waals surface area contributed by atoms with Gasteiger partial charge in [-0.1, -0.05) is 237 Å². The Morgan fingerprint density at radius 1 is 0.486 bits per heavy atom. The van der Waals surface area contributed by atoms with E-state index in [-0.39, 0.29) is 12.8 Å². The van der Waals surface area contributed by atoms with Crippen molar-refractivity contribution >= 4 is 5.91 Å². The van der Waals surface area contributed by atoms with E-state index < -0.39 is 74.2 Å². The van der Waals surface area contributed by atoms with Gasteiger partial charge in [0, 0.05) is 0 Å². The van der Waals surface area contributed by atoms with Crippen molar-refractivity contribution in [2.24, 2.45) is 0 Å². The highest BCUT2D eigenvalue weighted by Gasteiger charge is 2.44. The van der Waals surface area contributed by atoms with Crippen LogP contribution in [0.5, 0.6) is 0 Å². The van der Waals surface area contributed by atoms with Crippen LogP contribution in [0.15, 0.2) is 24.3 Å². The lowest BCUT2D eigenvalue weighted by Gasteiger charge is -2.40. The molecule has 1 aliphatic heterocycles. The third-order valence-corrected chi connectivity index (χ3v) is 14.5. The third kappa shape index (κ3) is 36.5. The summed E-state index contributed by atoms with van der Waals surface area (Å²) < 4.78 is 11.1. The van der Waals surface area contributed by atoms with Gasteiger partial charge in [-0.3, -0.25) is 4.79 Å². The molecule has 1 fully saturated rings. The number of unbranched alkanes of at least 4 members (excludes halogenated alkanes) is 35. The Balaban J connectivity index is 2.32. The fourth-order valence-corrected chi connectivity index (χ4v) is 9.61. The van der Waals surface area contributed by atoms with E-state index in [9.17, 15) is 40.5 Å². The monoisotopic (exact) mass is 996 g/mol. The van der Waals surface area contributed by atoms with Gasteiger partial charge in [0.1, 0.15) is 36.6 Å². The van der Waals surface area contributed by atoms with E-state index in [0.717, 1.165) is 57.8 Å². The van der Waals surface area contributed by atoms with Gasteiger partial charge in [-0.25, -0.2) is 0 Å². The molecule has 70 heavy (non-hydrogen) atoms. The first-order valence-corrected chi connectivity index (χ1v) is 29.7. The fourth-order valence-electron chi connectivity index (χ4n) is 9.61. The maximum absolute atomic E-state index is 13.2. The summed E-state index contributed by atoms with van der Waals surface area (Å²) in [6.45, 7) is 3.47. The van der Waals surface area contributed by atoms with Gasteiger partial charge < -0.3 is 50.5 Å². The average molecular weight is 997 g/mol. The lowest BCUT2D eigenvalue weighted by Crippen LogP contribution is -2.60. The molecular weight excluding hydrogens is 883 g/mol. The summed E-state index contributed by atoms with van der Waals surface area (Å²) in [5.41, 5.74) is 0. The predicted molar refractivity (Wildman–Crippen MR) is 289 cm³/mol. The minimum Gasteiger partial charge on any atom is -0.394 e. The highest BCUT2D eigenvalue weighted by atomic mass is 16.7. The van der Waals surface area contributed by atoms with E-state index in [1.54, 1.807) is 0 Å². The highest BCUT2D eigenvalue weighted by molar-refractivity contribution is 5.80. The van der Waals surface area contributed by atoms with E-state index in [0.29, 0.717) is 12.8 Å². The van der Waals surface area contributed by atoms with Crippen molar-refractivity contribution in [3.8, 4) is 0 Å². The molecule has 0 aromatic rings. The minimum absolute atomic E-state index is 0.248. The van der Waals surface area contributed by atoms with Gasteiger partial charge in [0.2, 0.25) is 5.91 Å². The number of hydrogen-bond donors (Lipinski definition) is 8. The molecule has 0 aliphatic carbocycles. The van der Waals surface area contributed by atoms with Gasteiger partial charge in [-0.2, -0.15) is 0 Å². The molecule has 1 amide bonds. The molecule has 0 aromatic heterocycles. The molecule has 0 saturated carbocycles. The number of aliphatic hydroxyl groups excluding tert-OH is 7. The predicted octanol–water partition coefficient (Wildman–Crippen LogP) is 12.5. The normalized spacial score (nSPS) is 20.4. The second kappa shape index (κ2) is 48.5. The number of carbonyl (C=O) groups excluding carboxylic acids is 1. The van der Waals surface area contributed by atoms with E-state index >= 15 is 0 Å². The molecule has 0 bridgehead atoms. The van der Waals surface area contributed by atoms with Gasteiger partial charge in [0.15, 0.2) is 6.29 Å². The number of nitrogens with one attached hydrogen (secondary N) is 1. The van der Waals surface area contributed by atoms with Crippen molar-refractivity contribution in [1.29, 1.82) is 0 Å². The molecule has 0 aromatic carbocycles. The second-order valence-electron chi connectivity index (χ2n) is 21.1. The van der Waals surface area contributed by atoms with Crippen LogP contribution in [0.1, 0.15) is 277 Å². The lowest BCUT2D eigenvalue weighted by atomic mass is 9.98. The Bertz CT molecular complexity index is 1190. The summed E-state index contributed by atoms with van der Waals surface area (Å²) in [5.74, 6) is -0.708. The van der Waals surface area contributed by atoms with Crippen molar-refractivity contribution in [2.45, 2.75) is 332 Å². The Hall–Kier alpha value is -1.41. The van der Waals surface area contributed by atoms with Crippen molar-refractivity contribution in [1.82, 2.24) is 5.32 Å². The molecule has 1 heterocycles. The first-order chi connectivity index (χ1) is 34.2. The summed E-state index contributed by atoms with van der Waals surface area (Å²) in [6.07, 6.45) is 46.6. The standard InChI is InChI=1S/C59H113NO10/c1-3-5-7-9-11-13-15-17-19-21-23-24-25-26-27-29-30-32-34-36-38-40-42-44-46-51(62)54(64)50(49-69-59-57(67)56(66)55(65)53(48-61)70-59)60-58(68)52(63)47-45-43-41-39-37-35-33-31-28-22-20-18-16-14-12-10-8-6-4-2/h28,31,38,40,50-57,59,61-67H,3-27,29-30,32-37,39,41-49H2,1-2H3,(H,60,68)/b31-28-,40-38+. The Morgan fingerprint density at radius 3 is 1.23 bits per heavy atom. The quantitative estimate of drug-likeness (QED) is 0.0215. The number of hydrogen-bond acceptors (Lipinski definition) is 10. The number of ether oxygens (including phenoxy) is 2. The topological polar surface area (TPSA) is 189 Å². The number of amides is 1. The van der Waals surface area contributed by atoms with Crippen LogP contribution in [0, 0.1) is 0 Å². The van der Waals surface area contributed by atoms with Crippen molar-refractivity contribution in [3.05, 3.63) is 24.3 Å². The largest absolute Gasteiger partial charge is 0.394 e. The first kappa shape index (κ1) is 66.6. The molecule has 1 aliphatic rings. The molecule has 0 radical (unpaired) electrons. The first-order valence-electron chi connectivity index (χ1n) is 29.7. The maximum Gasteiger partial charge on any atom is 0.249 e. The molecule has 11 heteroatoms. The zero-order valence-electron chi connectivity index (χ0n) is 45.3. The highest BCUT2D eigenvalue weighted by Crippen LogP contribution is 2.23. The van der Waals surface area contributed by atoms with Gasteiger partial charge in [0.25, 0.3) is 0 Å². The molecule has 9 unspecified atom stereocenters. The Morgan fingerprint density at radius 2 is 0.843 bits per heavy atom. The zero-order valence-corrected chi connectivity index (χ0v) is 45.3. The summed E-state index contributed by atoms with van der Waals surface area (Å²) in [6, 6.07) is -1.19. The maximum atomic E-state index is 13.2. The summed E-state index contributed by atoms with van der Waals surface area (Å²) >= 11 is 0. The van der Waals surface area contributed by atoms with Crippen LogP contribution in [0.4, 0.5) is 0 Å². The molecule has 9 atom stereocenters. The molecule has 1 saturated heterocycles. The molecular formula is C59H113NO10. The minimum atomic E-state index is -1.67. The van der Waals surface area contributed by atoms with E-state index in [1.165, 1.54) is 180 Å². The summed E-state index contributed by atoms with van der Waals surface area (Å²) in [7, 11) is 0. The van der Waals surface area contributed by atoms with E-state index in [1.807, 2.05) is 0 Å². The molecule has 1 rings (SSSR count). The SMILES string of the molecule is CCCCCCCCCCC/C=C\CCCCCCCCC(O)C(=O)NC(COC1OC(CO)C(O)C(O)C1O)C(O)C(O)CCC/C=C/CCCCCCCCCCCCCCCCCCCCC. The summed E-state index contributed by atoms with van der Waals surface area (Å²) in [4.78, 5) is 13.2. The van der Waals surface area contributed by atoms with Crippen molar-refractivity contribution in [3.63, 3.8) is 0 Å². The fraction of sp³-hybridized carbons (Fsp3) is 0.915. The number of carbonyl (C=O) groups is 1. The molecule has 11 nitrogen and oxygen atoms in total. The van der Waals surface area contributed by atoms with Crippen LogP contribution in [-0.4, -0.2) is 110 Å². The van der Waals surface area contributed by atoms with Crippen LogP contribution in [-0.2, 0) is 14.3 Å². The third-order valence-electron chi connectivity index (χ3n) is 14.5. The van der Waals surface area contributed by atoms with Gasteiger partial charge in [-0.05, 0) is 64.2 Å². The summed E-state index contributed by atoms with van der Waals surface area (Å²) in [5, 5.41) is 76.1. The van der Waals surface area contributed by atoms with Crippen molar-refractivity contribution in [2.75, 3.05) is 13.2 Å². The second-order valence-corrected chi connectivity index (χ2v) is 21.1. The molecule has 414 valence electrons. The van der Waals surface area contributed by atoms with Crippen LogP contribution in [0.2, 0.25) is 0 Å². The average Bonchev–Trinajstić information content (AvgIpc) is 3.36. The number of allylic oxidation sites excluding steroid dienone is 4. The van der Waals surface area contributed by atoms with E-state index in [2.05, 4.69) is 43.5 Å². The van der Waals surface area contributed by atoms with Crippen LogP contribution in [0.3, 0.4) is 0 Å². The Labute approximate surface area is 429 Å². The Kier molecular flexibility index (Phi) is 46.2. The van der Waals surface area contributed by atoms with Gasteiger partial charge in [0.05, 0.1) is 25.4 Å².